The van der Waals surface area contributed by atoms with Crippen molar-refractivity contribution in [3.63, 3.8) is 0 Å². The molecular formula is C18H28Cl3N3O2. The first-order chi connectivity index (χ1) is 11.7. The fourth-order valence-corrected chi connectivity index (χ4v) is 4.05. The highest BCUT2D eigenvalue weighted by Crippen LogP contribution is 2.33. The van der Waals surface area contributed by atoms with Crippen LogP contribution in [0.3, 0.4) is 0 Å². The molecule has 0 atom stereocenters. The Bertz CT molecular complexity index is 569. The summed E-state index contributed by atoms with van der Waals surface area (Å²) in [4.78, 5) is 17.4. The number of anilines is 1. The second kappa shape index (κ2) is 10.6. The highest BCUT2D eigenvalue weighted by Gasteiger charge is 2.42. The first-order valence-electron chi connectivity index (χ1n) is 8.65. The van der Waals surface area contributed by atoms with Crippen LogP contribution in [0, 0.1) is 5.41 Å². The molecule has 2 saturated heterocycles. The fourth-order valence-electron chi connectivity index (χ4n) is 3.80. The number of benzene rings is 1. The number of rotatable bonds is 4. The van der Waals surface area contributed by atoms with E-state index in [1.165, 1.54) is 0 Å². The zero-order valence-corrected chi connectivity index (χ0v) is 17.5. The van der Waals surface area contributed by atoms with Crippen molar-refractivity contribution in [3.05, 3.63) is 29.3 Å². The third kappa shape index (κ3) is 4.96. The van der Waals surface area contributed by atoms with Crippen molar-refractivity contribution in [2.24, 2.45) is 5.41 Å². The van der Waals surface area contributed by atoms with Gasteiger partial charge in [0, 0.05) is 33.3 Å². The fraction of sp³-hybridized carbons (Fsp3) is 0.611. The number of nitrogens with zero attached hydrogens (tertiary/aromatic N) is 2. The highest BCUT2D eigenvalue weighted by atomic mass is 35.5. The van der Waals surface area contributed by atoms with Gasteiger partial charge >= 0.3 is 0 Å². The average molecular weight is 425 g/mol. The number of hydrogen-bond acceptors (Lipinski definition) is 4. The lowest BCUT2D eigenvalue weighted by molar-refractivity contribution is -0.147. The maximum absolute atomic E-state index is 13.1. The predicted molar refractivity (Wildman–Crippen MR) is 111 cm³/mol. The van der Waals surface area contributed by atoms with Crippen LogP contribution in [0.5, 0.6) is 0 Å². The Morgan fingerprint density at radius 2 is 1.77 bits per heavy atom. The van der Waals surface area contributed by atoms with Crippen LogP contribution in [0.4, 0.5) is 5.69 Å². The highest BCUT2D eigenvalue weighted by molar-refractivity contribution is 6.33. The molecule has 0 unspecified atom stereocenters. The number of methoxy groups -OCH3 is 1. The molecule has 0 aromatic heterocycles. The number of piperidine rings is 1. The Hall–Kier alpha value is -0.720. The van der Waals surface area contributed by atoms with Crippen molar-refractivity contribution in [2.75, 3.05) is 57.9 Å². The molecular weight excluding hydrogens is 397 g/mol. The molecule has 5 nitrogen and oxygen atoms in total. The van der Waals surface area contributed by atoms with E-state index in [4.69, 9.17) is 16.3 Å². The maximum Gasteiger partial charge on any atom is 0.231 e. The van der Waals surface area contributed by atoms with E-state index in [2.05, 4.69) is 10.2 Å². The molecule has 1 N–H and O–H groups in total. The lowest BCUT2D eigenvalue weighted by atomic mass is 9.78. The molecule has 2 aliphatic rings. The Morgan fingerprint density at radius 1 is 1.15 bits per heavy atom. The standard InChI is InChI=1S/C18H26ClN3O2.2ClH/c1-24-14-18(6-8-20-9-7-18)17(23)22-12-10-21(11-13-22)16-5-3-2-4-15(16)19;;/h2-5,20H,6-14H2,1H3;2*1H. The summed E-state index contributed by atoms with van der Waals surface area (Å²) in [5.41, 5.74) is 0.701. The van der Waals surface area contributed by atoms with E-state index in [0.717, 1.165) is 62.8 Å². The van der Waals surface area contributed by atoms with E-state index in [1.54, 1.807) is 7.11 Å². The summed E-state index contributed by atoms with van der Waals surface area (Å²) in [6.07, 6.45) is 1.70. The van der Waals surface area contributed by atoms with Gasteiger partial charge in [0.05, 0.1) is 22.7 Å². The largest absolute Gasteiger partial charge is 0.384 e. The van der Waals surface area contributed by atoms with Gasteiger partial charge in [0.1, 0.15) is 0 Å². The average Bonchev–Trinajstić information content (AvgIpc) is 2.63. The molecule has 1 amide bonds. The zero-order valence-electron chi connectivity index (χ0n) is 15.1. The monoisotopic (exact) mass is 423 g/mol. The molecule has 0 bridgehead atoms. The van der Waals surface area contributed by atoms with Crippen molar-refractivity contribution in [2.45, 2.75) is 12.8 Å². The minimum Gasteiger partial charge on any atom is -0.384 e. The van der Waals surface area contributed by atoms with Crippen molar-refractivity contribution in [1.82, 2.24) is 10.2 Å². The number of halogens is 3. The Kier molecular flexibility index (Phi) is 9.48. The third-order valence-corrected chi connectivity index (χ3v) is 5.51. The summed E-state index contributed by atoms with van der Waals surface area (Å²) >= 11 is 6.30. The van der Waals surface area contributed by atoms with Gasteiger partial charge in [0.25, 0.3) is 0 Å². The molecule has 26 heavy (non-hydrogen) atoms. The van der Waals surface area contributed by atoms with Gasteiger partial charge in [0.15, 0.2) is 0 Å². The van der Waals surface area contributed by atoms with Gasteiger partial charge in [-0.3, -0.25) is 4.79 Å². The smallest absolute Gasteiger partial charge is 0.231 e. The second-order valence-electron chi connectivity index (χ2n) is 6.69. The zero-order chi connectivity index (χ0) is 17.0. The van der Waals surface area contributed by atoms with Crippen LogP contribution in [0.25, 0.3) is 0 Å². The molecule has 2 heterocycles. The number of carbonyl (C=O) groups is 1. The SMILES string of the molecule is COCC1(C(=O)N2CCN(c3ccccc3Cl)CC2)CCNCC1.Cl.Cl. The number of ether oxygens (including phenoxy) is 1. The van der Waals surface area contributed by atoms with Crippen LogP contribution in [-0.2, 0) is 9.53 Å². The van der Waals surface area contributed by atoms with E-state index >= 15 is 0 Å². The molecule has 0 radical (unpaired) electrons. The second-order valence-corrected chi connectivity index (χ2v) is 7.10. The van der Waals surface area contributed by atoms with Gasteiger partial charge in [-0.05, 0) is 38.1 Å². The molecule has 0 spiro atoms. The normalized spacial score (nSPS) is 19.3. The van der Waals surface area contributed by atoms with Crippen LogP contribution in [-0.4, -0.2) is 63.8 Å². The number of carbonyl (C=O) groups excluding carboxylic acids is 1. The quantitative estimate of drug-likeness (QED) is 0.807. The number of hydrogen-bond donors (Lipinski definition) is 1. The summed E-state index contributed by atoms with van der Waals surface area (Å²) in [6, 6.07) is 7.90. The Morgan fingerprint density at radius 3 is 2.35 bits per heavy atom. The van der Waals surface area contributed by atoms with E-state index in [0.29, 0.717) is 6.61 Å². The van der Waals surface area contributed by atoms with E-state index in [-0.39, 0.29) is 36.1 Å². The number of nitrogens with one attached hydrogen (secondary N) is 1. The Balaban J connectivity index is 0.00000169. The molecule has 0 saturated carbocycles. The van der Waals surface area contributed by atoms with Gasteiger partial charge in [-0.25, -0.2) is 0 Å². The van der Waals surface area contributed by atoms with Crippen molar-refractivity contribution >= 4 is 48.0 Å². The lowest BCUT2D eigenvalue weighted by Crippen LogP contribution is -2.56. The van der Waals surface area contributed by atoms with E-state index in [1.807, 2.05) is 29.2 Å². The van der Waals surface area contributed by atoms with Gasteiger partial charge in [0.2, 0.25) is 5.91 Å². The summed E-state index contributed by atoms with van der Waals surface area (Å²) in [5, 5.41) is 4.11. The molecule has 8 heteroatoms. The number of piperazine rings is 1. The van der Waals surface area contributed by atoms with Crippen molar-refractivity contribution in [3.8, 4) is 0 Å². The van der Waals surface area contributed by atoms with E-state index in [9.17, 15) is 4.79 Å². The molecule has 2 aliphatic heterocycles. The molecule has 0 aliphatic carbocycles. The number of para-hydroxylation sites is 1. The molecule has 1 aromatic carbocycles. The molecule has 3 rings (SSSR count). The summed E-state index contributed by atoms with van der Waals surface area (Å²) in [6.45, 7) is 5.39. The minimum absolute atomic E-state index is 0. The minimum atomic E-state index is -0.355. The first kappa shape index (κ1) is 23.3. The molecule has 1 aromatic rings. The van der Waals surface area contributed by atoms with Crippen LogP contribution >= 0.6 is 36.4 Å². The molecule has 2 fully saturated rings. The summed E-state index contributed by atoms with van der Waals surface area (Å²) in [7, 11) is 1.69. The van der Waals surface area contributed by atoms with Crippen LogP contribution in [0.15, 0.2) is 24.3 Å². The van der Waals surface area contributed by atoms with Crippen molar-refractivity contribution < 1.29 is 9.53 Å². The Labute approximate surface area is 173 Å². The predicted octanol–water partition coefficient (Wildman–Crippen LogP) is 2.85. The van der Waals surface area contributed by atoms with Crippen LogP contribution in [0.2, 0.25) is 5.02 Å². The number of amides is 1. The lowest BCUT2D eigenvalue weighted by Gasteiger charge is -2.43. The van der Waals surface area contributed by atoms with Gasteiger partial charge in [-0.2, -0.15) is 0 Å². The molecule has 148 valence electrons. The van der Waals surface area contributed by atoms with Crippen LogP contribution in [0.1, 0.15) is 12.8 Å². The summed E-state index contributed by atoms with van der Waals surface area (Å²) < 4.78 is 5.40. The maximum atomic E-state index is 13.1. The van der Waals surface area contributed by atoms with Gasteiger partial charge in [-0.15, -0.1) is 24.8 Å². The van der Waals surface area contributed by atoms with E-state index < -0.39 is 0 Å². The van der Waals surface area contributed by atoms with Crippen molar-refractivity contribution in [1.29, 1.82) is 0 Å². The first-order valence-corrected chi connectivity index (χ1v) is 9.03. The van der Waals surface area contributed by atoms with Gasteiger partial charge < -0.3 is 19.9 Å². The van der Waals surface area contributed by atoms with Gasteiger partial charge in [-0.1, -0.05) is 23.7 Å². The van der Waals surface area contributed by atoms with Crippen LogP contribution < -0.4 is 10.2 Å². The third-order valence-electron chi connectivity index (χ3n) is 5.19. The topological polar surface area (TPSA) is 44.8 Å². The summed E-state index contributed by atoms with van der Waals surface area (Å²) in [5.74, 6) is 0.254.